The van der Waals surface area contributed by atoms with E-state index < -0.39 is 17.6 Å². The van der Waals surface area contributed by atoms with Crippen molar-refractivity contribution in [1.29, 1.82) is 0 Å². The van der Waals surface area contributed by atoms with E-state index in [4.69, 9.17) is 5.11 Å². The average molecular weight is 281 g/mol. The standard InChI is InChI=1S/C13H9F2NO2S/c14-7-2-1-3-8(15)9(7)12-16-10(6-4-5-6)11(19-12)13(17)18/h1-3,6H,4-5H2,(H,17,18). The molecular weight excluding hydrogens is 272 g/mol. The van der Waals surface area contributed by atoms with Crippen molar-refractivity contribution in [1.82, 2.24) is 4.98 Å². The largest absolute Gasteiger partial charge is 0.477 e. The molecule has 1 aromatic heterocycles. The Bertz CT molecular complexity index is 644. The van der Waals surface area contributed by atoms with Gasteiger partial charge in [0.2, 0.25) is 0 Å². The van der Waals surface area contributed by atoms with Gasteiger partial charge in [0.05, 0.1) is 11.3 Å². The fraction of sp³-hybridized carbons (Fsp3) is 0.231. The van der Waals surface area contributed by atoms with Gasteiger partial charge in [-0.2, -0.15) is 0 Å². The third-order valence-corrected chi connectivity index (χ3v) is 4.06. The van der Waals surface area contributed by atoms with Gasteiger partial charge in [0.15, 0.2) is 0 Å². The van der Waals surface area contributed by atoms with Crippen molar-refractivity contribution >= 4 is 17.3 Å². The molecule has 1 aliphatic carbocycles. The van der Waals surface area contributed by atoms with Crippen LogP contribution in [-0.4, -0.2) is 16.1 Å². The smallest absolute Gasteiger partial charge is 0.347 e. The summed E-state index contributed by atoms with van der Waals surface area (Å²) < 4.78 is 27.3. The van der Waals surface area contributed by atoms with Crippen LogP contribution in [0.5, 0.6) is 0 Å². The van der Waals surface area contributed by atoms with Gasteiger partial charge in [-0.15, -0.1) is 11.3 Å². The highest BCUT2D eigenvalue weighted by molar-refractivity contribution is 7.17. The predicted molar refractivity (Wildman–Crippen MR) is 66.4 cm³/mol. The van der Waals surface area contributed by atoms with Gasteiger partial charge in [0.1, 0.15) is 21.5 Å². The summed E-state index contributed by atoms with van der Waals surface area (Å²) in [5.41, 5.74) is 0.206. The maximum Gasteiger partial charge on any atom is 0.347 e. The van der Waals surface area contributed by atoms with Crippen LogP contribution in [0.3, 0.4) is 0 Å². The molecule has 0 aliphatic heterocycles. The molecule has 3 rings (SSSR count). The van der Waals surface area contributed by atoms with Crippen molar-refractivity contribution in [2.45, 2.75) is 18.8 Å². The van der Waals surface area contributed by atoms with E-state index in [2.05, 4.69) is 4.98 Å². The lowest BCUT2D eigenvalue weighted by atomic mass is 10.2. The van der Waals surface area contributed by atoms with Crippen molar-refractivity contribution in [2.75, 3.05) is 0 Å². The zero-order valence-electron chi connectivity index (χ0n) is 9.69. The molecule has 1 heterocycles. The van der Waals surface area contributed by atoms with Gasteiger partial charge >= 0.3 is 5.97 Å². The maximum atomic E-state index is 13.7. The molecule has 0 atom stereocenters. The van der Waals surface area contributed by atoms with Crippen LogP contribution in [0.15, 0.2) is 18.2 Å². The molecule has 2 aromatic rings. The number of carboxylic acids is 1. The summed E-state index contributed by atoms with van der Waals surface area (Å²) in [5.74, 6) is -2.44. The Labute approximate surface area is 111 Å². The minimum absolute atomic E-state index is 0.0835. The van der Waals surface area contributed by atoms with E-state index in [-0.39, 0.29) is 21.4 Å². The Morgan fingerprint density at radius 1 is 1.32 bits per heavy atom. The van der Waals surface area contributed by atoms with Crippen molar-refractivity contribution in [3.63, 3.8) is 0 Å². The summed E-state index contributed by atoms with van der Waals surface area (Å²) in [6.07, 6.45) is 1.76. The second-order valence-corrected chi connectivity index (χ2v) is 5.41. The van der Waals surface area contributed by atoms with Crippen molar-refractivity contribution < 1.29 is 18.7 Å². The van der Waals surface area contributed by atoms with E-state index in [9.17, 15) is 13.6 Å². The maximum absolute atomic E-state index is 13.7. The average Bonchev–Trinajstić information content (AvgIpc) is 3.09. The number of nitrogens with zero attached hydrogens (tertiary/aromatic N) is 1. The fourth-order valence-electron chi connectivity index (χ4n) is 1.93. The molecule has 0 saturated heterocycles. The molecule has 98 valence electrons. The zero-order valence-corrected chi connectivity index (χ0v) is 10.5. The Balaban J connectivity index is 2.16. The highest BCUT2D eigenvalue weighted by atomic mass is 32.1. The molecule has 0 spiro atoms. The van der Waals surface area contributed by atoms with E-state index >= 15 is 0 Å². The van der Waals surface area contributed by atoms with Crippen LogP contribution in [0, 0.1) is 11.6 Å². The molecular formula is C13H9F2NO2S. The number of carboxylic acid groups (broad SMARTS) is 1. The third kappa shape index (κ3) is 2.12. The molecule has 6 heteroatoms. The van der Waals surface area contributed by atoms with E-state index in [0.717, 1.165) is 36.3 Å². The van der Waals surface area contributed by atoms with Crippen molar-refractivity contribution in [3.05, 3.63) is 40.4 Å². The number of thiazole rings is 1. The summed E-state index contributed by atoms with van der Waals surface area (Å²) >= 11 is 0.827. The molecule has 1 saturated carbocycles. The molecule has 0 amide bonds. The van der Waals surface area contributed by atoms with Crippen molar-refractivity contribution in [2.24, 2.45) is 0 Å². The lowest BCUT2D eigenvalue weighted by Gasteiger charge is -1.99. The molecule has 0 unspecified atom stereocenters. The number of carbonyl (C=O) groups is 1. The summed E-state index contributed by atoms with van der Waals surface area (Å²) in [6.45, 7) is 0. The quantitative estimate of drug-likeness (QED) is 0.934. The number of hydrogen-bond acceptors (Lipinski definition) is 3. The lowest BCUT2D eigenvalue weighted by Crippen LogP contribution is -1.97. The van der Waals surface area contributed by atoms with Gasteiger partial charge in [-0.25, -0.2) is 18.6 Å². The van der Waals surface area contributed by atoms with E-state index in [1.54, 1.807) is 0 Å². The molecule has 19 heavy (non-hydrogen) atoms. The second-order valence-electron chi connectivity index (χ2n) is 4.41. The summed E-state index contributed by atoms with van der Waals surface area (Å²) in [4.78, 5) is 15.4. The van der Waals surface area contributed by atoms with E-state index in [1.165, 1.54) is 6.07 Å². The zero-order chi connectivity index (χ0) is 13.6. The van der Waals surface area contributed by atoms with Crippen LogP contribution in [-0.2, 0) is 0 Å². The number of benzene rings is 1. The summed E-state index contributed by atoms with van der Waals surface area (Å²) in [5, 5.41) is 9.22. The summed E-state index contributed by atoms with van der Waals surface area (Å²) in [6, 6.07) is 3.54. The van der Waals surface area contributed by atoms with Gasteiger partial charge in [-0.3, -0.25) is 0 Å². The van der Waals surface area contributed by atoms with Gasteiger partial charge in [-0.1, -0.05) is 6.07 Å². The monoisotopic (exact) mass is 281 g/mol. The summed E-state index contributed by atoms with van der Waals surface area (Å²) in [7, 11) is 0. The topological polar surface area (TPSA) is 50.2 Å². The molecule has 1 aliphatic rings. The first-order chi connectivity index (χ1) is 9.08. The Kier molecular flexibility index (Phi) is 2.82. The van der Waals surface area contributed by atoms with E-state index in [0.29, 0.717) is 5.69 Å². The molecule has 1 aromatic carbocycles. The highest BCUT2D eigenvalue weighted by Crippen LogP contribution is 2.44. The van der Waals surface area contributed by atoms with Gasteiger partial charge in [0, 0.05) is 5.92 Å². The van der Waals surface area contributed by atoms with E-state index in [1.807, 2.05) is 0 Å². The molecule has 3 nitrogen and oxygen atoms in total. The first kappa shape index (κ1) is 12.2. The third-order valence-electron chi connectivity index (χ3n) is 2.99. The van der Waals surface area contributed by atoms with Gasteiger partial charge in [-0.05, 0) is 25.0 Å². The van der Waals surface area contributed by atoms with Crippen LogP contribution < -0.4 is 0 Å². The first-order valence-corrected chi connectivity index (χ1v) is 6.58. The molecule has 1 fully saturated rings. The SMILES string of the molecule is O=C(O)c1sc(-c2c(F)cccc2F)nc1C1CC1. The Hall–Kier alpha value is -1.82. The number of hydrogen-bond donors (Lipinski definition) is 1. The van der Waals surface area contributed by atoms with Crippen LogP contribution >= 0.6 is 11.3 Å². The number of aromatic nitrogens is 1. The fourth-order valence-corrected chi connectivity index (χ4v) is 2.97. The molecule has 1 N–H and O–H groups in total. The minimum atomic E-state index is -1.10. The van der Waals surface area contributed by atoms with Gasteiger partial charge < -0.3 is 5.11 Å². The molecule has 0 radical (unpaired) electrons. The van der Waals surface area contributed by atoms with Crippen LogP contribution in [0.1, 0.15) is 34.1 Å². The molecule has 0 bridgehead atoms. The van der Waals surface area contributed by atoms with Crippen LogP contribution in [0.4, 0.5) is 8.78 Å². The number of halogens is 2. The number of rotatable bonds is 3. The Morgan fingerprint density at radius 3 is 2.47 bits per heavy atom. The Morgan fingerprint density at radius 2 is 1.95 bits per heavy atom. The minimum Gasteiger partial charge on any atom is -0.477 e. The lowest BCUT2D eigenvalue weighted by molar-refractivity contribution is 0.0700. The highest BCUT2D eigenvalue weighted by Gasteiger charge is 2.33. The normalized spacial score (nSPS) is 14.6. The first-order valence-electron chi connectivity index (χ1n) is 5.76. The number of aromatic carboxylic acids is 1. The van der Waals surface area contributed by atoms with Crippen molar-refractivity contribution in [3.8, 4) is 10.6 Å². The van der Waals surface area contributed by atoms with Crippen LogP contribution in [0.25, 0.3) is 10.6 Å². The second kappa shape index (κ2) is 4.38. The van der Waals surface area contributed by atoms with Crippen LogP contribution in [0.2, 0.25) is 0 Å². The van der Waals surface area contributed by atoms with Gasteiger partial charge in [0.25, 0.3) is 0 Å². The predicted octanol–water partition coefficient (Wildman–Crippen LogP) is 3.66.